The molecule has 0 saturated heterocycles. The van der Waals surface area contributed by atoms with E-state index in [4.69, 9.17) is 0 Å². The summed E-state index contributed by atoms with van der Waals surface area (Å²) in [7, 11) is 0. The lowest BCUT2D eigenvalue weighted by atomic mass is 10.0. The minimum Gasteiger partial charge on any atom is -0.0683 e. The van der Waals surface area contributed by atoms with E-state index in [9.17, 15) is 0 Å². The Bertz CT molecular complexity index is 427. The van der Waals surface area contributed by atoms with Gasteiger partial charge in [0.1, 0.15) is 0 Å². The van der Waals surface area contributed by atoms with Crippen LogP contribution in [0.2, 0.25) is 0 Å². The molecular formula is C19H32. The minimum absolute atomic E-state index is 1.25. The van der Waals surface area contributed by atoms with Crippen LogP contribution in [0, 0.1) is 13.8 Å². The number of aryl methyl sites for hydroxylation is 2. The third kappa shape index (κ3) is 7.66. The lowest BCUT2D eigenvalue weighted by Gasteiger charge is -2.01. The molecule has 0 atom stereocenters. The second-order valence-electron chi connectivity index (χ2n) is 4.01. The molecule has 0 nitrogen and oxygen atoms in total. The average molecular weight is 260 g/mol. The topological polar surface area (TPSA) is 0 Å². The third-order valence-electron chi connectivity index (χ3n) is 2.26. The molecule has 0 amide bonds. The van der Waals surface area contributed by atoms with Crippen molar-refractivity contribution in [3.63, 3.8) is 0 Å². The van der Waals surface area contributed by atoms with Gasteiger partial charge in [0.15, 0.2) is 0 Å². The van der Waals surface area contributed by atoms with E-state index in [1.54, 1.807) is 0 Å². The Morgan fingerprint density at radius 3 is 1.84 bits per heavy atom. The first kappa shape index (κ1) is 20.0. The van der Waals surface area contributed by atoms with Crippen molar-refractivity contribution in [1.82, 2.24) is 0 Å². The van der Waals surface area contributed by atoms with Gasteiger partial charge in [-0.1, -0.05) is 89.9 Å². The normalized spacial score (nSPS) is 8.21. The van der Waals surface area contributed by atoms with E-state index in [0.29, 0.717) is 0 Å². The molecule has 0 heterocycles. The van der Waals surface area contributed by atoms with Gasteiger partial charge in [0, 0.05) is 0 Å². The highest BCUT2D eigenvalue weighted by Crippen LogP contribution is 2.18. The molecule has 0 fully saturated rings. The van der Waals surface area contributed by atoms with Gasteiger partial charge in [-0.2, -0.15) is 0 Å². The van der Waals surface area contributed by atoms with E-state index in [2.05, 4.69) is 64.1 Å². The Balaban J connectivity index is 0. The molecule has 0 aliphatic carbocycles. The van der Waals surface area contributed by atoms with Crippen molar-refractivity contribution in [3.8, 4) is 0 Å². The van der Waals surface area contributed by atoms with E-state index in [1.807, 2.05) is 27.7 Å². The first-order chi connectivity index (χ1) is 9.19. The molecular weight excluding hydrogens is 228 g/mol. The minimum atomic E-state index is 1.25. The van der Waals surface area contributed by atoms with E-state index in [1.165, 1.54) is 28.3 Å². The van der Waals surface area contributed by atoms with Gasteiger partial charge in [0.25, 0.3) is 0 Å². The molecule has 0 unspecified atom stereocenters. The molecule has 2 rings (SSSR count). The van der Waals surface area contributed by atoms with E-state index < -0.39 is 0 Å². The van der Waals surface area contributed by atoms with Crippen molar-refractivity contribution in [1.29, 1.82) is 0 Å². The molecule has 0 heteroatoms. The number of hydrogen-bond acceptors (Lipinski definition) is 0. The third-order valence-corrected chi connectivity index (χ3v) is 2.26. The molecule has 108 valence electrons. The van der Waals surface area contributed by atoms with Gasteiger partial charge in [-0.05, 0) is 30.2 Å². The Morgan fingerprint density at radius 2 is 1.32 bits per heavy atom. The summed E-state index contributed by atoms with van der Waals surface area (Å²) < 4.78 is 0. The summed E-state index contributed by atoms with van der Waals surface area (Å²) in [5.41, 5.74) is 2.69. The monoisotopic (exact) mass is 260 g/mol. The van der Waals surface area contributed by atoms with Gasteiger partial charge < -0.3 is 0 Å². The fraction of sp³-hybridized carbons (Fsp3) is 0.474. The van der Waals surface area contributed by atoms with E-state index in [0.717, 1.165) is 0 Å². The summed E-state index contributed by atoms with van der Waals surface area (Å²) in [4.78, 5) is 0. The summed E-state index contributed by atoms with van der Waals surface area (Å²) in [5.74, 6) is 0. The Morgan fingerprint density at radius 1 is 0.789 bits per heavy atom. The summed E-state index contributed by atoms with van der Waals surface area (Å²) in [6.45, 7) is 16.5. The van der Waals surface area contributed by atoms with Gasteiger partial charge >= 0.3 is 0 Å². The number of fused-ring (bicyclic) bond motifs is 1. The molecule has 0 N–H and O–H groups in total. The van der Waals surface area contributed by atoms with Gasteiger partial charge in [0.2, 0.25) is 0 Å². The average Bonchev–Trinajstić information content (AvgIpc) is 2.45. The lowest BCUT2D eigenvalue weighted by Crippen LogP contribution is -1.78. The molecule has 19 heavy (non-hydrogen) atoms. The van der Waals surface area contributed by atoms with Crippen molar-refractivity contribution >= 4 is 10.8 Å². The highest BCUT2D eigenvalue weighted by molar-refractivity contribution is 5.86. The zero-order valence-corrected chi connectivity index (χ0v) is 14.2. The van der Waals surface area contributed by atoms with Crippen molar-refractivity contribution in [2.75, 3.05) is 0 Å². The Hall–Kier alpha value is -1.30. The standard InChI is InChI=1S/C12H12.C3H8.2C2H6/c1-9-6-7-11-5-3-4-10(2)12(11)8-9;1-3-2;2*1-2/h3-8H,1-2H3;3H2,1-2H3;2*1-2H3. The van der Waals surface area contributed by atoms with Crippen LogP contribution in [-0.4, -0.2) is 0 Å². The molecule has 0 saturated carbocycles. The van der Waals surface area contributed by atoms with Gasteiger partial charge in [-0.15, -0.1) is 0 Å². The van der Waals surface area contributed by atoms with Crippen LogP contribution in [-0.2, 0) is 0 Å². The highest BCUT2D eigenvalue weighted by Gasteiger charge is 1.95. The fourth-order valence-electron chi connectivity index (χ4n) is 1.54. The van der Waals surface area contributed by atoms with E-state index in [-0.39, 0.29) is 0 Å². The Kier molecular flexibility index (Phi) is 13.8. The van der Waals surface area contributed by atoms with Crippen LogP contribution in [0.1, 0.15) is 59.1 Å². The zero-order chi connectivity index (χ0) is 15.3. The molecule has 0 spiro atoms. The zero-order valence-electron chi connectivity index (χ0n) is 14.2. The fourth-order valence-corrected chi connectivity index (χ4v) is 1.54. The number of benzene rings is 2. The molecule has 0 bridgehead atoms. The van der Waals surface area contributed by atoms with Crippen molar-refractivity contribution in [2.45, 2.75) is 61.8 Å². The van der Waals surface area contributed by atoms with Crippen LogP contribution in [0.3, 0.4) is 0 Å². The highest BCUT2D eigenvalue weighted by atomic mass is 14.0. The predicted octanol–water partition coefficient (Wildman–Crippen LogP) is 6.93. The maximum Gasteiger partial charge on any atom is -0.0152 e. The second-order valence-corrected chi connectivity index (χ2v) is 4.01. The largest absolute Gasteiger partial charge is 0.0683 e. The van der Waals surface area contributed by atoms with Crippen LogP contribution in [0.15, 0.2) is 36.4 Å². The van der Waals surface area contributed by atoms with Crippen LogP contribution >= 0.6 is 0 Å². The van der Waals surface area contributed by atoms with Gasteiger partial charge in [0.05, 0.1) is 0 Å². The summed E-state index contributed by atoms with van der Waals surface area (Å²) >= 11 is 0. The van der Waals surface area contributed by atoms with Crippen LogP contribution in [0.4, 0.5) is 0 Å². The van der Waals surface area contributed by atoms with Gasteiger partial charge in [-0.25, -0.2) is 0 Å². The summed E-state index contributed by atoms with van der Waals surface area (Å²) in [5, 5.41) is 2.71. The van der Waals surface area contributed by atoms with Crippen molar-refractivity contribution < 1.29 is 0 Å². The van der Waals surface area contributed by atoms with E-state index >= 15 is 0 Å². The van der Waals surface area contributed by atoms with Crippen LogP contribution in [0.25, 0.3) is 10.8 Å². The second kappa shape index (κ2) is 13.1. The first-order valence-electron chi connectivity index (χ1n) is 7.65. The Labute approximate surface area is 120 Å². The maximum absolute atomic E-state index is 2.24. The van der Waals surface area contributed by atoms with Gasteiger partial charge in [-0.3, -0.25) is 0 Å². The predicted molar refractivity (Wildman–Crippen MR) is 92.1 cm³/mol. The molecule has 0 aliphatic rings. The SMILES string of the molecule is CC.CC.CCC.Cc1ccc2cccc(C)c2c1. The summed E-state index contributed by atoms with van der Waals surface area (Å²) in [6, 6.07) is 13.0. The smallest absolute Gasteiger partial charge is 0.0152 e. The molecule has 0 radical (unpaired) electrons. The molecule has 2 aromatic rings. The van der Waals surface area contributed by atoms with Crippen LogP contribution < -0.4 is 0 Å². The molecule has 0 aliphatic heterocycles. The molecule has 2 aromatic carbocycles. The quantitative estimate of drug-likeness (QED) is 0.482. The van der Waals surface area contributed by atoms with Crippen LogP contribution in [0.5, 0.6) is 0 Å². The first-order valence-corrected chi connectivity index (χ1v) is 7.65. The number of rotatable bonds is 0. The van der Waals surface area contributed by atoms with Crippen molar-refractivity contribution in [2.24, 2.45) is 0 Å². The summed E-state index contributed by atoms with van der Waals surface area (Å²) in [6.07, 6.45) is 1.25. The lowest BCUT2D eigenvalue weighted by molar-refractivity contribution is 1.09. The number of hydrogen-bond donors (Lipinski definition) is 0. The molecule has 0 aromatic heterocycles. The van der Waals surface area contributed by atoms with Crippen molar-refractivity contribution in [3.05, 3.63) is 47.5 Å². The maximum atomic E-state index is 2.24.